The summed E-state index contributed by atoms with van der Waals surface area (Å²) in [6.45, 7) is 3.51. The van der Waals surface area contributed by atoms with Crippen LogP contribution in [0, 0.1) is 0 Å². The van der Waals surface area contributed by atoms with Crippen LogP contribution < -0.4 is 10.6 Å². The van der Waals surface area contributed by atoms with Gasteiger partial charge in [-0.15, -0.1) is 0 Å². The van der Waals surface area contributed by atoms with Crippen molar-refractivity contribution in [1.82, 2.24) is 20.4 Å². The van der Waals surface area contributed by atoms with Crippen molar-refractivity contribution in [2.75, 3.05) is 13.1 Å². The molecule has 0 aliphatic carbocycles. The predicted octanol–water partition coefficient (Wildman–Crippen LogP) is 0.384. The Hall–Kier alpha value is -2.25. The summed E-state index contributed by atoms with van der Waals surface area (Å²) in [4.78, 5) is 40.5. The van der Waals surface area contributed by atoms with Crippen LogP contribution in [0.5, 0.6) is 0 Å². The van der Waals surface area contributed by atoms with E-state index in [1.54, 1.807) is 4.90 Å². The number of nitrogens with zero attached hydrogens (tertiary/aromatic N) is 2. The third-order valence-electron chi connectivity index (χ3n) is 6.44. The lowest BCUT2D eigenvalue weighted by atomic mass is 9.92. The molecule has 0 spiro atoms. The quantitative estimate of drug-likeness (QED) is 0.754. The van der Waals surface area contributed by atoms with Crippen LogP contribution in [0.25, 0.3) is 0 Å². The van der Waals surface area contributed by atoms with Crippen molar-refractivity contribution in [2.45, 2.75) is 56.9 Å². The average Bonchev–Trinajstić information content (AvgIpc) is 2.99. The number of nitrogens with one attached hydrogen (secondary N) is 2. The number of fused-ring (bicyclic) bond motifs is 4. The molecule has 5 aliphatic rings. The zero-order valence-corrected chi connectivity index (χ0v) is 15.2. The summed E-state index contributed by atoms with van der Waals surface area (Å²) in [5, 5.41) is 5.93. The van der Waals surface area contributed by atoms with E-state index in [-0.39, 0.29) is 24.1 Å². The minimum atomic E-state index is -0.546. The Bertz CT molecular complexity index is 815. The van der Waals surface area contributed by atoms with Gasteiger partial charge in [-0.05, 0) is 36.5 Å². The van der Waals surface area contributed by atoms with Crippen LogP contribution in [0.4, 0.5) is 0 Å². The predicted molar refractivity (Wildman–Crippen MR) is 97.7 cm³/mol. The third kappa shape index (κ3) is 2.95. The summed E-state index contributed by atoms with van der Waals surface area (Å²) in [6.07, 6.45) is 3.21. The number of piperazine rings is 1. The molecule has 142 valence electrons. The summed E-state index contributed by atoms with van der Waals surface area (Å²) in [5.74, 6) is -0.718. The SMILES string of the molecule is O=C1CCC(N2Cc3cc(CN4CC5CCC4CN5)ccc3C2=O)C(=O)N1. The molecule has 7 nitrogen and oxygen atoms in total. The molecular formula is C20H24N4O3. The largest absolute Gasteiger partial charge is 0.322 e. The number of amides is 3. The molecule has 4 fully saturated rings. The molecule has 3 unspecified atom stereocenters. The Morgan fingerprint density at radius 1 is 1.11 bits per heavy atom. The number of hydrogen-bond acceptors (Lipinski definition) is 5. The molecule has 5 aliphatic heterocycles. The summed E-state index contributed by atoms with van der Waals surface area (Å²) >= 11 is 0. The molecular weight excluding hydrogens is 344 g/mol. The molecule has 1 aromatic carbocycles. The van der Waals surface area contributed by atoms with Crippen molar-refractivity contribution in [3.63, 3.8) is 0 Å². The number of rotatable bonds is 3. The molecule has 1 aromatic rings. The van der Waals surface area contributed by atoms with E-state index in [9.17, 15) is 14.4 Å². The second-order valence-electron chi connectivity index (χ2n) is 8.16. The lowest BCUT2D eigenvalue weighted by molar-refractivity contribution is -0.136. The van der Waals surface area contributed by atoms with Gasteiger partial charge in [-0.1, -0.05) is 12.1 Å². The van der Waals surface area contributed by atoms with E-state index in [0.29, 0.717) is 30.6 Å². The van der Waals surface area contributed by atoms with Gasteiger partial charge < -0.3 is 10.2 Å². The molecule has 4 saturated heterocycles. The maximum absolute atomic E-state index is 12.8. The van der Waals surface area contributed by atoms with Gasteiger partial charge in [0.2, 0.25) is 11.8 Å². The summed E-state index contributed by atoms with van der Waals surface area (Å²) in [7, 11) is 0. The first kappa shape index (κ1) is 16.9. The average molecular weight is 368 g/mol. The van der Waals surface area contributed by atoms with Crippen molar-refractivity contribution in [3.05, 3.63) is 34.9 Å². The van der Waals surface area contributed by atoms with Crippen LogP contribution in [-0.2, 0) is 22.7 Å². The summed E-state index contributed by atoms with van der Waals surface area (Å²) in [6, 6.07) is 6.73. The molecule has 3 atom stereocenters. The van der Waals surface area contributed by atoms with E-state index in [4.69, 9.17) is 0 Å². The van der Waals surface area contributed by atoms with E-state index < -0.39 is 6.04 Å². The van der Waals surface area contributed by atoms with Crippen LogP contribution in [0.1, 0.15) is 47.2 Å². The fourth-order valence-electron chi connectivity index (χ4n) is 4.95. The highest BCUT2D eigenvalue weighted by Gasteiger charge is 2.39. The van der Waals surface area contributed by atoms with E-state index >= 15 is 0 Å². The fraction of sp³-hybridized carbons (Fsp3) is 0.550. The first-order valence-corrected chi connectivity index (χ1v) is 9.82. The van der Waals surface area contributed by atoms with Crippen LogP contribution >= 0.6 is 0 Å². The van der Waals surface area contributed by atoms with E-state index in [1.807, 2.05) is 12.1 Å². The van der Waals surface area contributed by atoms with Gasteiger partial charge in [0, 0.05) is 50.2 Å². The van der Waals surface area contributed by atoms with Crippen molar-refractivity contribution in [2.24, 2.45) is 0 Å². The van der Waals surface area contributed by atoms with E-state index in [0.717, 1.165) is 25.2 Å². The number of carbonyl (C=O) groups is 3. The molecule has 7 heteroatoms. The van der Waals surface area contributed by atoms with Crippen LogP contribution in [0.2, 0.25) is 0 Å². The molecule has 2 bridgehead atoms. The third-order valence-corrected chi connectivity index (χ3v) is 6.44. The zero-order chi connectivity index (χ0) is 18.5. The first-order chi connectivity index (χ1) is 13.1. The number of piperidine rings is 3. The highest BCUT2D eigenvalue weighted by atomic mass is 16.2. The van der Waals surface area contributed by atoms with Crippen LogP contribution in [0.15, 0.2) is 18.2 Å². The Balaban J connectivity index is 1.32. The van der Waals surface area contributed by atoms with Gasteiger partial charge in [0.1, 0.15) is 6.04 Å². The molecule has 0 saturated carbocycles. The monoisotopic (exact) mass is 368 g/mol. The van der Waals surface area contributed by atoms with Crippen molar-refractivity contribution in [3.8, 4) is 0 Å². The van der Waals surface area contributed by atoms with Gasteiger partial charge in [-0.3, -0.25) is 24.6 Å². The number of carbonyl (C=O) groups excluding carboxylic acids is 3. The van der Waals surface area contributed by atoms with E-state index in [1.165, 1.54) is 18.4 Å². The molecule has 27 heavy (non-hydrogen) atoms. The lowest BCUT2D eigenvalue weighted by Crippen LogP contribution is -2.60. The highest BCUT2D eigenvalue weighted by molar-refractivity contribution is 6.05. The number of benzene rings is 1. The summed E-state index contributed by atoms with van der Waals surface area (Å²) in [5.41, 5.74) is 2.90. The van der Waals surface area contributed by atoms with Crippen LogP contribution in [0.3, 0.4) is 0 Å². The Kier molecular flexibility index (Phi) is 4.02. The minimum absolute atomic E-state index is 0.104. The maximum Gasteiger partial charge on any atom is 0.255 e. The van der Waals surface area contributed by atoms with Crippen molar-refractivity contribution < 1.29 is 14.4 Å². The molecule has 0 radical (unpaired) electrons. The molecule has 5 heterocycles. The second-order valence-corrected chi connectivity index (χ2v) is 8.16. The van der Waals surface area contributed by atoms with E-state index in [2.05, 4.69) is 21.6 Å². The molecule has 2 N–H and O–H groups in total. The number of imide groups is 1. The molecule has 0 aromatic heterocycles. The zero-order valence-electron chi connectivity index (χ0n) is 15.2. The minimum Gasteiger partial charge on any atom is -0.322 e. The highest BCUT2D eigenvalue weighted by Crippen LogP contribution is 2.30. The first-order valence-electron chi connectivity index (χ1n) is 9.82. The normalized spacial score (nSPS) is 30.6. The Morgan fingerprint density at radius 2 is 2.00 bits per heavy atom. The van der Waals surface area contributed by atoms with Crippen molar-refractivity contribution in [1.29, 1.82) is 0 Å². The number of hydrogen-bond donors (Lipinski definition) is 2. The Morgan fingerprint density at radius 3 is 2.70 bits per heavy atom. The standard InChI is InChI=1S/C20H24N4O3/c25-18-6-5-17(19(26)22-18)24-10-13-7-12(1-4-16(13)20(24)27)9-23-11-14-2-3-15(23)8-21-14/h1,4,7,14-15,17,21H,2-3,5-6,8-11H2,(H,22,25,26). The second kappa shape index (κ2) is 6.42. The van der Waals surface area contributed by atoms with Gasteiger partial charge in [-0.2, -0.15) is 0 Å². The fourth-order valence-corrected chi connectivity index (χ4v) is 4.95. The van der Waals surface area contributed by atoms with Gasteiger partial charge in [0.05, 0.1) is 0 Å². The van der Waals surface area contributed by atoms with Gasteiger partial charge in [0.15, 0.2) is 0 Å². The van der Waals surface area contributed by atoms with Gasteiger partial charge in [0.25, 0.3) is 5.91 Å². The topological polar surface area (TPSA) is 81.8 Å². The van der Waals surface area contributed by atoms with Gasteiger partial charge >= 0.3 is 0 Å². The summed E-state index contributed by atoms with van der Waals surface area (Å²) < 4.78 is 0. The van der Waals surface area contributed by atoms with Gasteiger partial charge in [-0.25, -0.2) is 0 Å². The maximum atomic E-state index is 12.8. The molecule has 3 amide bonds. The van der Waals surface area contributed by atoms with Crippen LogP contribution in [-0.4, -0.2) is 58.7 Å². The Labute approximate surface area is 158 Å². The molecule has 6 rings (SSSR count). The van der Waals surface area contributed by atoms with Crippen molar-refractivity contribution >= 4 is 17.7 Å². The smallest absolute Gasteiger partial charge is 0.255 e. The lowest BCUT2D eigenvalue weighted by Gasteiger charge is -2.46.